The van der Waals surface area contributed by atoms with E-state index >= 15 is 0 Å². The van der Waals surface area contributed by atoms with Crippen LogP contribution in [0.5, 0.6) is 0 Å². The molecule has 0 heterocycles. The zero-order chi connectivity index (χ0) is 14.5. The van der Waals surface area contributed by atoms with Crippen LogP contribution in [0.25, 0.3) is 0 Å². The summed E-state index contributed by atoms with van der Waals surface area (Å²) in [6.07, 6.45) is -4.73. The van der Waals surface area contributed by atoms with Gasteiger partial charge in [0.05, 0.1) is 24.5 Å². The highest BCUT2D eigenvalue weighted by molar-refractivity contribution is 5.70. The maximum atomic E-state index is 13.4. The third kappa shape index (κ3) is 3.61. The molecule has 0 aliphatic heterocycles. The fourth-order valence-electron chi connectivity index (χ4n) is 2.78. The van der Waals surface area contributed by atoms with E-state index in [0.29, 0.717) is 12.8 Å². The molecule has 1 aliphatic rings. The van der Waals surface area contributed by atoms with Gasteiger partial charge in [-0.05, 0) is 26.7 Å². The minimum atomic E-state index is -4.35. The van der Waals surface area contributed by atoms with Gasteiger partial charge in [0, 0.05) is 6.61 Å². The molecule has 112 valence electrons. The van der Waals surface area contributed by atoms with E-state index in [1.54, 1.807) is 13.8 Å². The summed E-state index contributed by atoms with van der Waals surface area (Å²) in [6.45, 7) is 3.58. The van der Waals surface area contributed by atoms with Crippen molar-refractivity contribution < 1.29 is 27.4 Å². The van der Waals surface area contributed by atoms with Gasteiger partial charge in [-0.1, -0.05) is 12.8 Å². The summed E-state index contributed by atoms with van der Waals surface area (Å²) in [5.41, 5.74) is -1.89. The molecule has 0 saturated heterocycles. The van der Waals surface area contributed by atoms with Crippen molar-refractivity contribution in [2.24, 2.45) is 5.41 Å². The van der Waals surface area contributed by atoms with E-state index in [-0.39, 0.29) is 32.5 Å². The van der Waals surface area contributed by atoms with Gasteiger partial charge >= 0.3 is 12.1 Å². The fourth-order valence-corrected chi connectivity index (χ4v) is 2.78. The number of hydrogen-bond donors (Lipinski definition) is 0. The van der Waals surface area contributed by atoms with E-state index in [0.717, 1.165) is 0 Å². The Bertz CT molecular complexity index is 296. The summed E-state index contributed by atoms with van der Waals surface area (Å²) in [7, 11) is 0. The zero-order valence-electron chi connectivity index (χ0n) is 11.4. The minimum absolute atomic E-state index is 0.0283. The van der Waals surface area contributed by atoms with Crippen molar-refractivity contribution >= 4 is 5.97 Å². The van der Waals surface area contributed by atoms with Gasteiger partial charge in [0.1, 0.15) is 0 Å². The van der Waals surface area contributed by atoms with Crippen LogP contribution in [0, 0.1) is 5.41 Å². The Morgan fingerprint density at radius 3 is 2.21 bits per heavy atom. The second kappa shape index (κ2) is 6.59. The topological polar surface area (TPSA) is 35.5 Å². The van der Waals surface area contributed by atoms with Gasteiger partial charge < -0.3 is 9.47 Å². The fraction of sp³-hybridized carbons (Fsp3) is 0.923. The number of rotatable bonds is 6. The third-order valence-electron chi connectivity index (χ3n) is 3.70. The molecule has 19 heavy (non-hydrogen) atoms. The van der Waals surface area contributed by atoms with Gasteiger partial charge in [-0.15, -0.1) is 0 Å². The van der Waals surface area contributed by atoms with Crippen LogP contribution in [0.2, 0.25) is 0 Å². The van der Waals surface area contributed by atoms with Crippen LogP contribution < -0.4 is 0 Å². The predicted octanol–water partition coefficient (Wildman–Crippen LogP) is 3.47. The molecule has 1 fully saturated rings. The lowest BCUT2D eigenvalue weighted by atomic mass is 9.78. The molecule has 3 nitrogen and oxygen atoms in total. The minimum Gasteiger partial charge on any atom is -0.466 e. The van der Waals surface area contributed by atoms with Crippen LogP contribution in [0.15, 0.2) is 0 Å². The first kappa shape index (κ1) is 16.3. The summed E-state index contributed by atoms with van der Waals surface area (Å²) in [5, 5.41) is 0. The number of ether oxygens (including phenoxy) is 2. The molecule has 1 saturated carbocycles. The molecule has 0 N–H and O–H groups in total. The second-order valence-electron chi connectivity index (χ2n) is 4.81. The van der Waals surface area contributed by atoms with Crippen molar-refractivity contribution in [1.82, 2.24) is 0 Å². The SMILES string of the molecule is CCOC(=O)CC(OCC)C1(C(F)(F)F)CCCC1. The highest BCUT2D eigenvalue weighted by Gasteiger charge is 2.61. The van der Waals surface area contributed by atoms with E-state index in [1.165, 1.54) is 0 Å². The van der Waals surface area contributed by atoms with Crippen molar-refractivity contribution in [2.45, 2.75) is 58.2 Å². The second-order valence-corrected chi connectivity index (χ2v) is 4.81. The Morgan fingerprint density at radius 2 is 1.79 bits per heavy atom. The molecular formula is C13H21F3O3. The number of hydrogen-bond acceptors (Lipinski definition) is 3. The van der Waals surface area contributed by atoms with E-state index in [4.69, 9.17) is 9.47 Å². The number of esters is 1. The molecule has 1 aliphatic carbocycles. The maximum Gasteiger partial charge on any atom is 0.396 e. The highest BCUT2D eigenvalue weighted by atomic mass is 19.4. The molecular weight excluding hydrogens is 261 g/mol. The molecule has 0 spiro atoms. The van der Waals surface area contributed by atoms with Gasteiger partial charge in [0.2, 0.25) is 0 Å². The molecule has 0 amide bonds. The van der Waals surface area contributed by atoms with Gasteiger partial charge in [-0.2, -0.15) is 13.2 Å². The standard InChI is InChI=1S/C13H21F3O3/c1-3-18-10(9-11(17)19-4-2)12(13(14,15)16)7-5-6-8-12/h10H,3-9H2,1-2H3. The summed E-state index contributed by atoms with van der Waals surface area (Å²) in [4.78, 5) is 11.5. The Labute approximate surface area is 111 Å². The van der Waals surface area contributed by atoms with E-state index < -0.39 is 23.7 Å². The quantitative estimate of drug-likeness (QED) is 0.700. The lowest BCUT2D eigenvalue weighted by Gasteiger charge is -2.38. The molecule has 0 aromatic rings. The summed E-state index contributed by atoms with van der Waals surface area (Å²) >= 11 is 0. The molecule has 0 bridgehead atoms. The van der Waals surface area contributed by atoms with E-state index in [2.05, 4.69) is 0 Å². The number of carbonyl (C=O) groups excluding carboxylic acids is 1. The number of alkyl halides is 3. The maximum absolute atomic E-state index is 13.4. The summed E-state index contributed by atoms with van der Waals surface area (Å²) in [6, 6.07) is 0. The molecule has 1 unspecified atom stereocenters. The first-order chi connectivity index (χ1) is 8.87. The van der Waals surface area contributed by atoms with Crippen molar-refractivity contribution in [3.8, 4) is 0 Å². The zero-order valence-corrected chi connectivity index (χ0v) is 11.4. The molecule has 0 aromatic heterocycles. The van der Waals surface area contributed by atoms with Crippen molar-refractivity contribution in [2.75, 3.05) is 13.2 Å². The molecule has 1 rings (SSSR count). The average molecular weight is 282 g/mol. The first-order valence-electron chi connectivity index (χ1n) is 6.71. The van der Waals surface area contributed by atoms with Crippen LogP contribution in [0.3, 0.4) is 0 Å². The van der Waals surface area contributed by atoms with Gasteiger partial charge in [-0.3, -0.25) is 4.79 Å². The molecule has 0 radical (unpaired) electrons. The average Bonchev–Trinajstić information content (AvgIpc) is 2.78. The monoisotopic (exact) mass is 282 g/mol. The van der Waals surface area contributed by atoms with Crippen molar-refractivity contribution in [3.63, 3.8) is 0 Å². The van der Waals surface area contributed by atoms with Crippen LogP contribution in [-0.4, -0.2) is 31.5 Å². The largest absolute Gasteiger partial charge is 0.466 e. The van der Waals surface area contributed by atoms with Crippen LogP contribution in [0.4, 0.5) is 13.2 Å². The summed E-state index contributed by atoms with van der Waals surface area (Å²) < 4.78 is 50.2. The normalized spacial score (nSPS) is 20.3. The Kier molecular flexibility index (Phi) is 5.64. The third-order valence-corrected chi connectivity index (χ3v) is 3.70. The van der Waals surface area contributed by atoms with Gasteiger partial charge in [0.15, 0.2) is 0 Å². The van der Waals surface area contributed by atoms with Crippen molar-refractivity contribution in [1.29, 1.82) is 0 Å². The highest BCUT2D eigenvalue weighted by Crippen LogP contribution is 2.54. The Balaban J connectivity index is 2.90. The van der Waals surface area contributed by atoms with Crippen molar-refractivity contribution in [3.05, 3.63) is 0 Å². The van der Waals surface area contributed by atoms with E-state index in [1.807, 2.05) is 0 Å². The lowest BCUT2D eigenvalue weighted by Crippen LogP contribution is -2.48. The van der Waals surface area contributed by atoms with Crippen LogP contribution in [0.1, 0.15) is 46.0 Å². The van der Waals surface area contributed by atoms with Gasteiger partial charge in [0.25, 0.3) is 0 Å². The predicted molar refractivity (Wildman–Crippen MR) is 63.6 cm³/mol. The molecule has 6 heteroatoms. The van der Waals surface area contributed by atoms with Gasteiger partial charge in [-0.25, -0.2) is 0 Å². The Hall–Kier alpha value is -0.780. The summed E-state index contributed by atoms with van der Waals surface area (Å²) in [5.74, 6) is -0.628. The molecule has 1 atom stereocenters. The number of carbonyl (C=O) groups is 1. The van der Waals surface area contributed by atoms with Crippen LogP contribution in [-0.2, 0) is 14.3 Å². The van der Waals surface area contributed by atoms with E-state index in [9.17, 15) is 18.0 Å². The number of halogens is 3. The Morgan fingerprint density at radius 1 is 1.21 bits per heavy atom. The van der Waals surface area contributed by atoms with Crippen LogP contribution >= 0.6 is 0 Å². The first-order valence-corrected chi connectivity index (χ1v) is 6.71. The smallest absolute Gasteiger partial charge is 0.396 e. The molecule has 0 aromatic carbocycles. The lowest BCUT2D eigenvalue weighted by molar-refractivity contribution is -0.260.